The van der Waals surface area contributed by atoms with Gasteiger partial charge in [-0.2, -0.15) is 0 Å². The van der Waals surface area contributed by atoms with Gasteiger partial charge in [-0.1, -0.05) is 13.3 Å². The van der Waals surface area contributed by atoms with Gasteiger partial charge < -0.3 is 9.84 Å². The summed E-state index contributed by atoms with van der Waals surface area (Å²) in [5.41, 5.74) is 0.558. The molecule has 0 saturated heterocycles. The fourth-order valence-electron chi connectivity index (χ4n) is 0.820. The van der Waals surface area contributed by atoms with Crippen LogP contribution in [0.3, 0.4) is 0 Å². The van der Waals surface area contributed by atoms with E-state index in [-0.39, 0.29) is 6.61 Å². The fraction of sp³-hybridized carbons (Fsp3) is 0.556. The van der Waals surface area contributed by atoms with Crippen molar-refractivity contribution in [2.75, 3.05) is 6.61 Å². The van der Waals surface area contributed by atoms with Crippen molar-refractivity contribution >= 4 is 0 Å². The molecule has 1 heterocycles. The van der Waals surface area contributed by atoms with Crippen LogP contribution in [0.5, 0.6) is 5.88 Å². The van der Waals surface area contributed by atoms with Crippen molar-refractivity contribution in [2.45, 2.75) is 26.4 Å². The van der Waals surface area contributed by atoms with Crippen molar-refractivity contribution in [2.24, 2.45) is 0 Å². The van der Waals surface area contributed by atoms with Crippen LogP contribution in [0.15, 0.2) is 12.4 Å². The van der Waals surface area contributed by atoms with Crippen LogP contribution in [0.25, 0.3) is 0 Å². The second-order valence-electron chi connectivity index (χ2n) is 2.71. The maximum atomic E-state index is 8.70. The van der Waals surface area contributed by atoms with Crippen LogP contribution in [0.1, 0.15) is 25.5 Å². The Balaban J connectivity index is 2.40. The smallest absolute Gasteiger partial charge is 0.232 e. The molecule has 72 valence electrons. The van der Waals surface area contributed by atoms with Gasteiger partial charge in [0, 0.05) is 0 Å². The van der Waals surface area contributed by atoms with Gasteiger partial charge in [-0.3, -0.25) is 4.98 Å². The Bertz CT molecular complexity index is 236. The monoisotopic (exact) mass is 182 g/mol. The highest BCUT2D eigenvalue weighted by Gasteiger charge is 1.96. The van der Waals surface area contributed by atoms with E-state index in [9.17, 15) is 0 Å². The topological polar surface area (TPSA) is 55.2 Å². The first-order valence-corrected chi connectivity index (χ1v) is 4.41. The summed E-state index contributed by atoms with van der Waals surface area (Å²) < 4.78 is 5.29. The SMILES string of the molecule is CCCCOc1cnc(CO)cn1. The van der Waals surface area contributed by atoms with Crippen LogP contribution >= 0.6 is 0 Å². The molecule has 0 atom stereocenters. The maximum absolute atomic E-state index is 8.70. The molecule has 0 saturated carbocycles. The zero-order valence-electron chi connectivity index (χ0n) is 7.73. The molecular weight excluding hydrogens is 168 g/mol. The molecule has 1 N–H and O–H groups in total. The molecule has 4 heteroatoms. The van der Waals surface area contributed by atoms with Gasteiger partial charge >= 0.3 is 0 Å². The standard InChI is InChI=1S/C9H14N2O2/c1-2-3-4-13-9-6-10-8(7-12)5-11-9/h5-6,12H,2-4,7H2,1H3. The number of aliphatic hydroxyl groups is 1. The predicted octanol–water partition coefficient (Wildman–Crippen LogP) is 1.15. The summed E-state index contributed by atoms with van der Waals surface area (Å²) in [6.07, 6.45) is 5.16. The Morgan fingerprint density at radius 3 is 2.77 bits per heavy atom. The summed E-state index contributed by atoms with van der Waals surface area (Å²) in [5, 5.41) is 8.70. The van der Waals surface area contributed by atoms with Crippen LogP contribution in [-0.2, 0) is 6.61 Å². The van der Waals surface area contributed by atoms with Gasteiger partial charge in [-0.05, 0) is 6.42 Å². The zero-order valence-corrected chi connectivity index (χ0v) is 7.73. The fourth-order valence-corrected chi connectivity index (χ4v) is 0.820. The molecule has 1 rings (SSSR count). The minimum absolute atomic E-state index is 0.0811. The first-order valence-electron chi connectivity index (χ1n) is 4.41. The molecule has 0 aromatic carbocycles. The lowest BCUT2D eigenvalue weighted by Gasteiger charge is -2.03. The third-order valence-corrected chi connectivity index (χ3v) is 1.59. The van der Waals surface area contributed by atoms with E-state index in [1.54, 1.807) is 0 Å². The quantitative estimate of drug-likeness (QED) is 0.694. The molecule has 0 unspecified atom stereocenters. The molecule has 0 spiro atoms. The molecule has 0 aliphatic heterocycles. The number of hydrogen-bond donors (Lipinski definition) is 1. The average Bonchev–Trinajstić information content (AvgIpc) is 2.19. The van der Waals surface area contributed by atoms with E-state index < -0.39 is 0 Å². The molecule has 0 aliphatic rings. The van der Waals surface area contributed by atoms with Gasteiger partial charge in [0.2, 0.25) is 5.88 Å². The summed E-state index contributed by atoms with van der Waals surface area (Å²) in [6.45, 7) is 2.69. The van der Waals surface area contributed by atoms with E-state index >= 15 is 0 Å². The summed E-state index contributed by atoms with van der Waals surface area (Å²) >= 11 is 0. The zero-order chi connectivity index (χ0) is 9.52. The number of hydrogen-bond acceptors (Lipinski definition) is 4. The van der Waals surface area contributed by atoms with E-state index in [4.69, 9.17) is 9.84 Å². The van der Waals surface area contributed by atoms with Crippen LogP contribution in [0, 0.1) is 0 Å². The number of ether oxygens (including phenoxy) is 1. The minimum atomic E-state index is -0.0811. The third-order valence-electron chi connectivity index (χ3n) is 1.59. The van der Waals surface area contributed by atoms with Gasteiger partial charge in [0.1, 0.15) is 0 Å². The van der Waals surface area contributed by atoms with Crippen molar-refractivity contribution in [3.05, 3.63) is 18.1 Å². The van der Waals surface area contributed by atoms with Crippen LogP contribution in [0.2, 0.25) is 0 Å². The van der Waals surface area contributed by atoms with E-state index in [2.05, 4.69) is 16.9 Å². The van der Waals surface area contributed by atoms with Crippen LogP contribution in [0.4, 0.5) is 0 Å². The van der Waals surface area contributed by atoms with Crippen molar-refractivity contribution < 1.29 is 9.84 Å². The Morgan fingerprint density at radius 1 is 1.38 bits per heavy atom. The van der Waals surface area contributed by atoms with Crippen molar-refractivity contribution in [1.29, 1.82) is 0 Å². The lowest BCUT2D eigenvalue weighted by molar-refractivity contribution is 0.272. The second-order valence-corrected chi connectivity index (χ2v) is 2.71. The molecular formula is C9H14N2O2. The molecule has 4 nitrogen and oxygen atoms in total. The number of unbranched alkanes of at least 4 members (excludes halogenated alkanes) is 1. The largest absolute Gasteiger partial charge is 0.477 e. The average molecular weight is 182 g/mol. The lowest BCUT2D eigenvalue weighted by atomic mass is 10.4. The van der Waals surface area contributed by atoms with E-state index in [0.29, 0.717) is 18.2 Å². The summed E-state index contributed by atoms with van der Waals surface area (Å²) in [4.78, 5) is 7.92. The first kappa shape index (κ1) is 9.92. The van der Waals surface area contributed by atoms with Crippen LogP contribution < -0.4 is 4.74 Å². The van der Waals surface area contributed by atoms with Gasteiger partial charge in [0.25, 0.3) is 0 Å². The normalized spacial score (nSPS) is 10.0. The Labute approximate surface area is 77.6 Å². The van der Waals surface area contributed by atoms with Crippen molar-refractivity contribution in [3.8, 4) is 5.88 Å². The maximum Gasteiger partial charge on any atom is 0.232 e. The summed E-state index contributed by atoms with van der Waals surface area (Å²) in [5.74, 6) is 0.519. The Kier molecular flexibility index (Phi) is 4.18. The Morgan fingerprint density at radius 2 is 2.23 bits per heavy atom. The number of nitrogens with zero attached hydrogens (tertiary/aromatic N) is 2. The highest BCUT2D eigenvalue weighted by Crippen LogP contribution is 2.04. The highest BCUT2D eigenvalue weighted by molar-refractivity contribution is 5.06. The molecule has 0 amide bonds. The van der Waals surface area contributed by atoms with Crippen molar-refractivity contribution in [3.63, 3.8) is 0 Å². The first-order chi connectivity index (χ1) is 6.36. The van der Waals surface area contributed by atoms with Gasteiger partial charge in [0.05, 0.1) is 31.3 Å². The molecule has 0 fully saturated rings. The molecule has 0 bridgehead atoms. The molecule has 13 heavy (non-hydrogen) atoms. The molecule has 1 aromatic heterocycles. The van der Waals surface area contributed by atoms with E-state index in [0.717, 1.165) is 12.8 Å². The predicted molar refractivity (Wildman–Crippen MR) is 48.4 cm³/mol. The molecule has 1 aromatic rings. The second kappa shape index (κ2) is 5.48. The summed E-state index contributed by atoms with van der Waals surface area (Å²) in [6, 6.07) is 0. The molecule has 0 aliphatic carbocycles. The van der Waals surface area contributed by atoms with Gasteiger partial charge in [-0.15, -0.1) is 0 Å². The van der Waals surface area contributed by atoms with E-state index in [1.807, 2.05) is 0 Å². The van der Waals surface area contributed by atoms with Crippen molar-refractivity contribution in [1.82, 2.24) is 9.97 Å². The van der Waals surface area contributed by atoms with Gasteiger partial charge in [0.15, 0.2) is 0 Å². The Hall–Kier alpha value is -1.16. The lowest BCUT2D eigenvalue weighted by Crippen LogP contribution is -2.00. The number of rotatable bonds is 5. The molecule has 0 radical (unpaired) electrons. The van der Waals surface area contributed by atoms with Gasteiger partial charge in [-0.25, -0.2) is 4.98 Å². The number of aliphatic hydroxyl groups excluding tert-OH is 1. The minimum Gasteiger partial charge on any atom is -0.477 e. The van der Waals surface area contributed by atoms with E-state index in [1.165, 1.54) is 12.4 Å². The highest BCUT2D eigenvalue weighted by atomic mass is 16.5. The van der Waals surface area contributed by atoms with Crippen LogP contribution in [-0.4, -0.2) is 21.7 Å². The third kappa shape index (κ3) is 3.38. The number of aromatic nitrogens is 2. The summed E-state index contributed by atoms with van der Waals surface area (Å²) in [7, 11) is 0.